The zero-order valence-electron chi connectivity index (χ0n) is 15.6. The number of halogens is 2. The lowest BCUT2D eigenvalue weighted by atomic mass is 10.2. The second kappa shape index (κ2) is 9.53. The summed E-state index contributed by atoms with van der Waals surface area (Å²) in [5.41, 5.74) is -3.56. The number of esters is 1. The number of aromatic nitrogens is 3. The number of aryl methyl sites for hydroxylation is 1. The summed E-state index contributed by atoms with van der Waals surface area (Å²) < 4.78 is 57.3. The van der Waals surface area contributed by atoms with Gasteiger partial charge in [0.1, 0.15) is 0 Å². The summed E-state index contributed by atoms with van der Waals surface area (Å²) in [5.74, 6) is -0.625. The van der Waals surface area contributed by atoms with Crippen molar-refractivity contribution in [3.8, 4) is 0 Å². The molecule has 1 rings (SSSR count). The Bertz CT molecular complexity index is 623. The number of unbranched alkanes of at least 4 members (excludes halogenated alkanes) is 1. The van der Waals surface area contributed by atoms with Crippen molar-refractivity contribution >= 4 is 13.6 Å². The minimum atomic E-state index is -4.59. The fourth-order valence-corrected chi connectivity index (χ4v) is 3.99. The number of carbonyl (C=O) groups is 1. The predicted octanol–water partition coefficient (Wildman–Crippen LogP) is 3.87. The van der Waals surface area contributed by atoms with E-state index in [-0.39, 0.29) is 18.7 Å². The van der Waals surface area contributed by atoms with Crippen LogP contribution in [0.4, 0.5) is 8.78 Å². The first-order valence-corrected chi connectivity index (χ1v) is 9.88. The third-order valence-electron chi connectivity index (χ3n) is 3.15. The van der Waals surface area contributed by atoms with Gasteiger partial charge in [0.05, 0.1) is 25.5 Å². The lowest BCUT2D eigenvalue weighted by Crippen LogP contribution is -2.24. The van der Waals surface area contributed by atoms with Gasteiger partial charge >= 0.3 is 19.2 Å². The van der Waals surface area contributed by atoms with Gasteiger partial charge in [-0.1, -0.05) is 5.21 Å². The second-order valence-corrected chi connectivity index (χ2v) is 8.36. The van der Waals surface area contributed by atoms with E-state index in [0.717, 1.165) is 0 Å². The van der Waals surface area contributed by atoms with Crippen LogP contribution in [0.5, 0.6) is 0 Å². The molecule has 0 spiro atoms. The first-order chi connectivity index (χ1) is 12.0. The quantitative estimate of drug-likeness (QED) is 0.318. The summed E-state index contributed by atoms with van der Waals surface area (Å²) in [6.45, 7) is 6.37. The van der Waals surface area contributed by atoms with E-state index in [1.807, 2.05) is 0 Å². The van der Waals surface area contributed by atoms with E-state index in [2.05, 4.69) is 15.0 Å². The Morgan fingerprint density at radius 1 is 1.23 bits per heavy atom. The van der Waals surface area contributed by atoms with E-state index in [1.54, 1.807) is 0 Å². The second-order valence-electron chi connectivity index (χ2n) is 6.29. The van der Waals surface area contributed by atoms with Crippen molar-refractivity contribution < 1.29 is 31.9 Å². The molecular weight excluding hydrogens is 371 g/mol. The number of carbonyl (C=O) groups excluding carboxylic acids is 1. The Labute approximate surface area is 151 Å². The summed E-state index contributed by atoms with van der Waals surface area (Å²) in [7, 11) is -3.37. The maximum absolute atomic E-state index is 14.5. The molecule has 0 atom stereocenters. The van der Waals surface area contributed by atoms with Gasteiger partial charge in [0, 0.05) is 13.0 Å². The molecule has 0 aliphatic rings. The molecule has 0 radical (unpaired) electrons. The molecule has 0 N–H and O–H groups in total. The van der Waals surface area contributed by atoms with Crippen LogP contribution in [0.3, 0.4) is 0 Å². The molecule has 11 heteroatoms. The highest BCUT2D eigenvalue weighted by Crippen LogP contribution is 2.65. The van der Waals surface area contributed by atoms with Gasteiger partial charge < -0.3 is 13.8 Å². The van der Waals surface area contributed by atoms with E-state index in [0.29, 0.717) is 6.42 Å². The molecule has 150 valence electrons. The van der Waals surface area contributed by atoms with Crippen molar-refractivity contribution in [3.05, 3.63) is 11.9 Å². The van der Waals surface area contributed by atoms with Crippen molar-refractivity contribution in [1.29, 1.82) is 0 Å². The van der Waals surface area contributed by atoms with Gasteiger partial charge in [0.15, 0.2) is 5.69 Å². The first kappa shape index (κ1) is 22.7. The average Bonchev–Trinajstić information content (AvgIpc) is 2.98. The van der Waals surface area contributed by atoms with E-state index in [4.69, 9.17) is 9.05 Å². The topological polar surface area (TPSA) is 92.5 Å². The van der Waals surface area contributed by atoms with Crippen molar-refractivity contribution in [3.63, 3.8) is 0 Å². The smallest absolute Gasteiger partial charge is 0.400 e. The summed E-state index contributed by atoms with van der Waals surface area (Å²) in [6.07, 6.45) is -0.202. The molecular formula is C15H26F2N3O5P. The van der Waals surface area contributed by atoms with Crippen LogP contribution in [-0.2, 0) is 24.9 Å². The van der Waals surface area contributed by atoms with E-state index >= 15 is 0 Å². The summed E-state index contributed by atoms with van der Waals surface area (Å²) >= 11 is 0. The minimum absolute atomic E-state index is 0.0398. The number of hydrogen-bond acceptors (Lipinski definition) is 7. The number of ether oxygens (including phenoxy) is 1. The van der Waals surface area contributed by atoms with Crippen molar-refractivity contribution in [1.82, 2.24) is 15.0 Å². The van der Waals surface area contributed by atoms with Gasteiger partial charge in [-0.2, -0.15) is 8.78 Å². The monoisotopic (exact) mass is 397 g/mol. The lowest BCUT2D eigenvalue weighted by Gasteiger charge is -2.29. The van der Waals surface area contributed by atoms with Crippen LogP contribution >= 0.6 is 7.60 Å². The van der Waals surface area contributed by atoms with Crippen LogP contribution in [0.25, 0.3) is 0 Å². The van der Waals surface area contributed by atoms with Crippen LogP contribution < -0.4 is 0 Å². The molecule has 26 heavy (non-hydrogen) atoms. The van der Waals surface area contributed by atoms with E-state index in [1.165, 1.54) is 45.7 Å². The fraction of sp³-hybridized carbons (Fsp3) is 0.800. The van der Waals surface area contributed by atoms with Gasteiger partial charge in [-0.15, -0.1) is 5.10 Å². The zero-order chi connectivity index (χ0) is 20.0. The highest BCUT2D eigenvalue weighted by atomic mass is 31.2. The molecule has 0 aliphatic carbocycles. The van der Waals surface area contributed by atoms with Crippen LogP contribution in [0.15, 0.2) is 6.20 Å². The Kier molecular flexibility index (Phi) is 8.30. The van der Waals surface area contributed by atoms with Crippen LogP contribution in [-0.4, -0.2) is 45.9 Å². The maximum Gasteiger partial charge on any atom is 0.400 e. The normalized spacial score (nSPS) is 12.8. The molecule has 0 aliphatic heterocycles. The molecule has 0 unspecified atom stereocenters. The molecule has 0 aromatic carbocycles. The summed E-state index contributed by atoms with van der Waals surface area (Å²) in [4.78, 5) is 11.3. The molecule has 0 fully saturated rings. The first-order valence-electron chi connectivity index (χ1n) is 8.34. The van der Waals surface area contributed by atoms with Crippen molar-refractivity contribution in [2.24, 2.45) is 0 Å². The highest BCUT2D eigenvalue weighted by molar-refractivity contribution is 7.55. The van der Waals surface area contributed by atoms with Crippen LogP contribution in [0, 0.1) is 0 Å². The molecule has 1 heterocycles. The Morgan fingerprint density at radius 2 is 1.81 bits per heavy atom. The third kappa shape index (κ3) is 6.41. The zero-order valence-corrected chi connectivity index (χ0v) is 16.5. The van der Waals surface area contributed by atoms with Gasteiger partial charge in [-0.3, -0.25) is 9.25 Å². The lowest BCUT2D eigenvalue weighted by molar-refractivity contribution is 0.0121. The van der Waals surface area contributed by atoms with Crippen LogP contribution in [0.2, 0.25) is 0 Å². The SMILES string of the molecule is COC(=O)c1cn(CCCCC(F)(F)P(=O)(OC(C)C)OC(C)C)nn1. The third-order valence-corrected chi connectivity index (χ3v) is 5.57. The van der Waals surface area contributed by atoms with Crippen molar-refractivity contribution in [2.45, 2.75) is 71.4 Å². The molecule has 0 saturated heterocycles. The largest absolute Gasteiger partial charge is 0.464 e. The number of rotatable bonds is 11. The molecule has 8 nitrogen and oxygen atoms in total. The standard InChI is InChI=1S/C15H26F2N3O5P/c1-11(2)24-26(22,25-12(3)4)15(16,17)8-6-7-9-20-10-13(18-19-20)14(21)23-5/h10-12H,6-9H2,1-5H3. The van der Waals surface area contributed by atoms with Gasteiger partial charge in [0.25, 0.3) is 0 Å². The van der Waals surface area contributed by atoms with Gasteiger partial charge in [0.2, 0.25) is 0 Å². The predicted molar refractivity (Wildman–Crippen MR) is 90.2 cm³/mol. The van der Waals surface area contributed by atoms with Crippen molar-refractivity contribution in [2.75, 3.05) is 7.11 Å². The number of alkyl halides is 2. The van der Waals surface area contributed by atoms with E-state index in [9.17, 15) is 18.1 Å². The molecule has 1 aromatic heterocycles. The van der Waals surface area contributed by atoms with Gasteiger partial charge in [-0.25, -0.2) is 4.79 Å². The Balaban J connectivity index is 2.61. The molecule has 1 aromatic rings. The highest BCUT2D eigenvalue weighted by Gasteiger charge is 2.53. The molecule has 0 amide bonds. The summed E-state index contributed by atoms with van der Waals surface area (Å²) in [5, 5.41) is 7.35. The number of methoxy groups -OCH3 is 1. The molecule has 0 bridgehead atoms. The van der Waals surface area contributed by atoms with Crippen LogP contribution in [0.1, 0.15) is 57.4 Å². The Hall–Kier alpha value is -1.38. The number of hydrogen-bond donors (Lipinski definition) is 0. The fourth-order valence-electron chi connectivity index (χ4n) is 2.09. The van der Waals surface area contributed by atoms with Gasteiger partial charge in [-0.05, 0) is 40.5 Å². The Morgan fingerprint density at radius 3 is 2.31 bits per heavy atom. The molecule has 0 saturated carbocycles. The maximum atomic E-state index is 14.5. The van der Waals surface area contributed by atoms with E-state index < -0.39 is 37.9 Å². The minimum Gasteiger partial charge on any atom is -0.464 e. The number of nitrogens with zero attached hydrogens (tertiary/aromatic N) is 3. The average molecular weight is 397 g/mol. The summed E-state index contributed by atoms with van der Waals surface area (Å²) in [6, 6.07) is 0.